The van der Waals surface area contributed by atoms with E-state index in [0.29, 0.717) is 24.3 Å². The van der Waals surface area contributed by atoms with Crippen LogP contribution in [0.1, 0.15) is 115 Å². The van der Waals surface area contributed by atoms with Crippen LogP contribution in [0.5, 0.6) is 0 Å². The van der Waals surface area contributed by atoms with Crippen LogP contribution in [0.15, 0.2) is 24.3 Å². The monoisotopic (exact) mass is 939 g/mol. The molecular formula is C47H86N8O9S. The average molecular weight is 939 g/mol. The minimum atomic E-state index is -1.52. The highest BCUT2D eigenvalue weighted by Crippen LogP contribution is 2.23. The third kappa shape index (κ3) is 20.2. The normalized spacial score (nSPS) is 15.2. The molecule has 0 unspecified atom stereocenters. The molecule has 18 heteroatoms. The molecule has 8 amide bonds. The largest absolute Gasteiger partial charge is 0.390 e. The molecule has 0 aliphatic rings. The first-order valence-electron chi connectivity index (χ1n) is 23.0. The Morgan fingerprint density at radius 1 is 0.815 bits per heavy atom. The van der Waals surface area contributed by atoms with E-state index in [1.54, 1.807) is 13.8 Å². The minimum Gasteiger partial charge on any atom is -0.390 e. The van der Waals surface area contributed by atoms with Crippen LogP contribution >= 0.6 is 11.8 Å². The van der Waals surface area contributed by atoms with Crippen molar-refractivity contribution in [3.05, 3.63) is 24.3 Å². The third-order valence-electron chi connectivity index (χ3n) is 11.8. The molecule has 0 aromatic rings. The van der Waals surface area contributed by atoms with Gasteiger partial charge in [0, 0.05) is 65.1 Å². The quantitative estimate of drug-likeness (QED) is 0.0538. The van der Waals surface area contributed by atoms with Crippen LogP contribution in [0, 0.1) is 17.8 Å². The van der Waals surface area contributed by atoms with Crippen molar-refractivity contribution in [3.63, 3.8) is 0 Å². The zero-order valence-electron chi connectivity index (χ0n) is 42.5. The van der Waals surface area contributed by atoms with Gasteiger partial charge >= 0.3 is 6.03 Å². The molecule has 374 valence electrons. The molecule has 0 aliphatic heterocycles. The van der Waals surface area contributed by atoms with Gasteiger partial charge in [-0.1, -0.05) is 72.8 Å². The third-order valence-corrected chi connectivity index (χ3v) is 12.8. The summed E-state index contributed by atoms with van der Waals surface area (Å²) in [6.45, 7) is 27.4. The molecule has 0 rings (SSSR count). The second-order valence-electron chi connectivity index (χ2n) is 18.9. The zero-order valence-corrected chi connectivity index (χ0v) is 43.3. The summed E-state index contributed by atoms with van der Waals surface area (Å²) in [5, 5.41) is 27.6. The standard InChI is InChI=1S/C47H86N8O9S/c1-18-21-22-32(10)40(57)39(54(17)38(56)25-29(4)5)43(60)49-34(19-2)44(61)52(15)37(28-65-24-23-55(20-3)31(8)9)45(62)51(14)36(27-47(12,13)64)42(59)50-46(63)53(16)35(41(48)58)26-33(11)30(6)7/h18,21,29-32,34-37,39-40,57,64H,11,19-20,22-28H2,1-10,12-17H3,(H2,48,58)(H,49,60)(H,50,59,63)/b21-18+/t32-,34+,35-,36+,37-,39+,40-/m1/s1. The number of nitrogens with zero attached hydrogens (tertiary/aromatic N) is 5. The highest BCUT2D eigenvalue weighted by atomic mass is 32.2. The molecule has 0 aliphatic carbocycles. The number of carbonyl (C=O) groups excluding carboxylic acids is 7. The van der Waals surface area contributed by atoms with Gasteiger partial charge in [0.05, 0.1) is 11.7 Å². The van der Waals surface area contributed by atoms with E-state index in [2.05, 4.69) is 42.9 Å². The lowest BCUT2D eigenvalue weighted by molar-refractivity contribution is -0.150. The van der Waals surface area contributed by atoms with Crippen molar-refractivity contribution < 1.29 is 43.8 Å². The van der Waals surface area contributed by atoms with E-state index >= 15 is 0 Å². The summed E-state index contributed by atoms with van der Waals surface area (Å²) in [5.41, 5.74) is 4.80. The highest BCUT2D eigenvalue weighted by molar-refractivity contribution is 7.99. The molecule has 6 N–H and O–H groups in total. The SMILES string of the molecule is C=C(C[C@H](C(N)=O)N(C)C(=O)NC(=O)[C@H](CC(C)(C)O)N(C)C(=O)[C@@H](CSCCN(CC)C(C)C)N(C)C(=O)[C@H](CC)NC(=O)[C@H]([C@H](O)[C@H](C)C/C=C/C)N(C)C(=O)CC(C)C)C(C)C. The Hall–Kier alpha value is -4.00. The van der Waals surface area contributed by atoms with Crippen molar-refractivity contribution in [3.8, 4) is 0 Å². The van der Waals surface area contributed by atoms with Gasteiger partial charge in [-0.25, -0.2) is 4.79 Å². The van der Waals surface area contributed by atoms with E-state index in [-0.39, 0.29) is 55.2 Å². The molecule has 0 spiro atoms. The number of aliphatic hydroxyl groups excluding tert-OH is 1. The van der Waals surface area contributed by atoms with Crippen molar-refractivity contribution >= 4 is 53.2 Å². The molecular weight excluding hydrogens is 853 g/mol. The van der Waals surface area contributed by atoms with Crippen molar-refractivity contribution in [2.24, 2.45) is 23.5 Å². The molecule has 0 aromatic carbocycles. The van der Waals surface area contributed by atoms with Gasteiger partial charge in [-0.2, -0.15) is 11.8 Å². The average Bonchev–Trinajstić information content (AvgIpc) is 3.21. The van der Waals surface area contributed by atoms with Crippen LogP contribution in [0.3, 0.4) is 0 Å². The summed E-state index contributed by atoms with van der Waals surface area (Å²) in [6.07, 6.45) is 2.83. The predicted octanol–water partition coefficient (Wildman–Crippen LogP) is 3.62. The van der Waals surface area contributed by atoms with Crippen LogP contribution in [-0.4, -0.2) is 177 Å². The lowest BCUT2D eigenvalue weighted by Crippen LogP contribution is -2.62. The zero-order chi connectivity index (χ0) is 50.7. The number of nitrogens with one attached hydrogen (secondary N) is 2. The van der Waals surface area contributed by atoms with Gasteiger partial charge in [-0.3, -0.25) is 34.1 Å². The number of thioether (sulfide) groups is 1. The Kier molecular flexibility index (Phi) is 27.1. The number of imide groups is 1. The summed E-state index contributed by atoms with van der Waals surface area (Å²) in [6, 6.07) is -6.96. The summed E-state index contributed by atoms with van der Waals surface area (Å²) in [7, 11) is 5.56. The number of urea groups is 1. The van der Waals surface area contributed by atoms with E-state index in [1.807, 2.05) is 46.8 Å². The van der Waals surface area contributed by atoms with Gasteiger partial charge in [-0.05, 0) is 78.2 Å². The molecule has 0 saturated carbocycles. The van der Waals surface area contributed by atoms with Gasteiger partial charge < -0.3 is 45.8 Å². The molecule has 7 atom stereocenters. The van der Waals surface area contributed by atoms with E-state index in [9.17, 15) is 43.8 Å². The Bertz CT molecular complexity index is 1620. The first-order valence-corrected chi connectivity index (χ1v) is 24.1. The maximum atomic E-state index is 14.8. The number of hydrogen-bond donors (Lipinski definition) is 5. The summed E-state index contributed by atoms with van der Waals surface area (Å²) >= 11 is 1.42. The number of nitrogens with two attached hydrogens (primary N) is 1. The molecule has 0 heterocycles. The lowest BCUT2D eigenvalue weighted by atomic mass is 9.92. The maximum Gasteiger partial charge on any atom is 0.324 e. The number of hydrogen-bond acceptors (Lipinski definition) is 11. The Morgan fingerprint density at radius 3 is 1.85 bits per heavy atom. The van der Waals surface area contributed by atoms with Gasteiger partial charge in [0.25, 0.3) is 5.91 Å². The van der Waals surface area contributed by atoms with Gasteiger partial charge in [0.15, 0.2) is 0 Å². The van der Waals surface area contributed by atoms with Gasteiger partial charge in [0.2, 0.25) is 29.5 Å². The van der Waals surface area contributed by atoms with Crippen LogP contribution < -0.4 is 16.4 Å². The fourth-order valence-corrected chi connectivity index (χ4v) is 8.23. The minimum absolute atomic E-state index is 0.00897. The fraction of sp³-hybridized carbons (Fsp3) is 0.766. The second kappa shape index (κ2) is 28.9. The van der Waals surface area contributed by atoms with E-state index in [1.165, 1.54) is 63.6 Å². The Morgan fingerprint density at radius 2 is 1.38 bits per heavy atom. The number of primary amides is 1. The Labute approximate surface area is 394 Å². The molecule has 17 nitrogen and oxygen atoms in total. The number of aliphatic hydroxyl groups is 2. The number of amides is 8. The van der Waals surface area contributed by atoms with Crippen LogP contribution in [0.2, 0.25) is 0 Å². The van der Waals surface area contributed by atoms with E-state index in [0.717, 1.165) is 16.3 Å². The van der Waals surface area contributed by atoms with Gasteiger partial charge in [0.1, 0.15) is 30.2 Å². The van der Waals surface area contributed by atoms with Crippen LogP contribution in [-0.2, 0) is 28.8 Å². The van der Waals surface area contributed by atoms with E-state index < -0.39 is 83.4 Å². The number of likely N-dealkylation sites (N-methyl/N-ethyl adjacent to an activating group) is 4. The van der Waals surface area contributed by atoms with Crippen molar-refractivity contribution in [2.45, 2.75) is 163 Å². The topological polar surface area (TPSA) is 226 Å². The first kappa shape index (κ1) is 61.0. The van der Waals surface area contributed by atoms with Crippen molar-refractivity contribution in [2.75, 3.05) is 52.8 Å². The maximum absolute atomic E-state index is 14.8. The van der Waals surface area contributed by atoms with E-state index in [4.69, 9.17) is 5.73 Å². The molecule has 65 heavy (non-hydrogen) atoms. The number of allylic oxidation sites excluding steroid dienone is 2. The molecule has 0 bridgehead atoms. The summed E-state index contributed by atoms with van der Waals surface area (Å²) in [4.78, 5) is 104. The molecule has 0 saturated heterocycles. The van der Waals surface area contributed by atoms with Crippen LogP contribution in [0.4, 0.5) is 4.79 Å². The van der Waals surface area contributed by atoms with Crippen molar-refractivity contribution in [1.82, 2.24) is 35.1 Å². The smallest absolute Gasteiger partial charge is 0.324 e. The Balaban J connectivity index is 7.06. The predicted molar refractivity (Wildman–Crippen MR) is 259 cm³/mol. The van der Waals surface area contributed by atoms with Crippen LogP contribution in [0.25, 0.3) is 0 Å². The van der Waals surface area contributed by atoms with Crippen molar-refractivity contribution in [1.29, 1.82) is 0 Å². The first-order chi connectivity index (χ1) is 30.0. The summed E-state index contributed by atoms with van der Waals surface area (Å²) in [5.74, 6) is -3.91. The highest BCUT2D eigenvalue weighted by Gasteiger charge is 2.42. The summed E-state index contributed by atoms with van der Waals surface area (Å²) < 4.78 is 0. The lowest BCUT2D eigenvalue weighted by Gasteiger charge is -2.38. The van der Waals surface area contributed by atoms with Gasteiger partial charge in [-0.15, -0.1) is 0 Å². The second-order valence-corrected chi connectivity index (χ2v) is 20.0. The molecule has 0 fully saturated rings. The number of rotatable bonds is 29. The number of carbonyl (C=O) groups is 7. The molecule has 0 aromatic heterocycles. The fourth-order valence-electron chi connectivity index (χ4n) is 7.11. The molecule has 0 radical (unpaired) electrons.